The summed E-state index contributed by atoms with van der Waals surface area (Å²) in [6, 6.07) is 14.7. The second kappa shape index (κ2) is 7.43. The number of piperidine rings is 1. The Bertz CT molecular complexity index is 819. The first kappa shape index (κ1) is 18.2. The fraction of sp³-hybridized carbons (Fsp3) is 0.435. The molecule has 27 heavy (non-hydrogen) atoms. The number of carbonyl (C=O) groups excluding carboxylic acids is 1. The third-order valence-corrected chi connectivity index (χ3v) is 6.16. The summed E-state index contributed by atoms with van der Waals surface area (Å²) in [4.78, 5) is 17.5. The zero-order valence-corrected chi connectivity index (χ0v) is 16.0. The molecule has 0 bridgehead atoms. The molecule has 2 aliphatic rings. The van der Waals surface area contributed by atoms with E-state index in [1.807, 2.05) is 48.2 Å². The van der Waals surface area contributed by atoms with Crippen molar-refractivity contribution in [1.82, 2.24) is 9.80 Å². The number of carbonyl (C=O) groups is 1. The predicted octanol–water partition coefficient (Wildman–Crippen LogP) is 4.26. The van der Waals surface area contributed by atoms with Crippen LogP contribution in [0.3, 0.4) is 0 Å². The lowest BCUT2D eigenvalue weighted by molar-refractivity contribution is 0.0675. The molecule has 2 aromatic carbocycles. The number of aryl methyl sites for hydroxylation is 1. The minimum atomic E-state index is -0.185. The van der Waals surface area contributed by atoms with Crippen LogP contribution in [-0.4, -0.2) is 41.9 Å². The fourth-order valence-corrected chi connectivity index (χ4v) is 4.72. The van der Waals surface area contributed by atoms with Crippen LogP contribution in [0.2, 0.25) is 0 Å². The first-order valence-electron chi connectivity index (χ1n) is 9.86. The van der Waals surface area contributed by atoms with Crippen LogP contribution in [0.25, 0.3) is 0 Å². The Morgan fingerprint density at radius 2 is 1.81 bits per heavy atom. The molecule has 3 nitrogen and oxygen atoms in total. The highest BCUT2D eigenvalue weighted by atomic mass is 19.1. The standard InChI is InChI=1S/C23H27FN2O/c1-18-5-2-3-6-21(18)22(27)26-14-12-23(17-26)11-4-13-25(16-23)15-19-7-9-20(24)10-8-19/h2-3,5-10H,4,11-17H2,1H3/t23-/m0/s1. The molecule has 0 aromatic heterocycles. The van der Waals surface area contributed by atoms with Gasteiger partial charge in [0.15, 0.2) is 0 Å². The van der Waals surface area contributed by atoms with E-state index in [0.717, 1.165) is 62.3 Å². The van der Waals surface area contributed by atoms with E-state index in [4.69, 9.17) is 0 Å². The quantitative estimate of drug-likeness (QED) is 0.810. The van der Waals surface area contributed by atoms with Crippen LogP contribution >= 0.6 is 0 Å². The van der Waals surface area contributed by atoms with Crippen molar-refractivity contribution >= 4 is 5.91 Å². The second-order valence-corrected chi connectivity index (χ2v) is 8.23. The van der Waals surface area contributed by atoms with E-state index >= 15 is 0 Å². The normalized spacial score (nSPS) is 23.1. The summed E-state index contributed by atoms with van der Waals surface area (Å²) in [5.41, 5.74) is 3.23. The maximum atomic E-state index is 13.1. The van der Waals surface area contributed by atoms with Gasteiger partial charge in [-0.25, -0.2) is 4.39 Å². The predicted molar refractivity (Wildman–Crippen MR) is 105 cm³/mol. The summed E-state index contributed by atoms with van der Waals surface area (Å²) < 4.78 is 13.1. The third-order valence-electron chi connectivity index (χ3n) is 6.16. The largest absolute Gasteiger partial charge is 0.338 e. The lowest BCUT2D eigenvalue weighted by Gasteiger charge is -2.40. The molecule has 1 spiro atoms. The van der Waals surface area contributed by atoms with Gasteiger partial charge in [0.2, 0.25) is 0 Å². The number of halogens is 1. The molecule has 1 amide bonds. The Labute approximate surface area is 160 Å². The van der Waals surface area contributed by atoms with Gasteiger partial charge >= 0.3 is 0 Å². The van der Waals surface area contributed by atoms with Crippen LogP contribution in [-0.2, 0) is 6.54 Å². The van der Waals surface area contributed by atoms with E-state index in [9.17, 15) is 9.18 Å². The average molecular weight is 366 g/mol. The van der Waals surface area contributed by atoms with Crippen molar-refractivity contribution < 1.29 is 9.18 Å². The number of amides is 1. The fourth-order valence-electron chi connectivity index (χ4n) is 4.72. The van der Waals surface area contributed by atoms with E-state index in [0.29, 0.717) is 0 Å². The lowest BCUT2D eigenvalue weighted by atomic mass is 9.79. The van der Waals surface area contributed by atoms with Crippen LogP contribution in [0.5, 0.6) is 0 Å². The van der Waals surface area contributed by atoms with Crippen molar-refractivity contribution in [3.63, 3.8) is 0 Å². The van der Waals surface area contributed by atoms with Crippen LogP contribution < -0.4 is 0 Å². The van der Waals surface area contributed by atoms with E-state index in [-0.39, 0.29) is 17.1 Å². The maximum Gasteiger partial charge on any atom is 0.254 e. The summed E-state index contributed by atoms with van der Waals surface area (Å²) in [7, 11) is 0. The molecule has 1 atom stereocenters. The minimum absolute atomic E-state index is 0.167. The summed E-state index contributed by atoms with van der Waals surface area (Å²) in [6.07, 6.45) is 3.42. The maximum absolute atomic E-state index is 13.1. The monoisotopic (exact) mass is 366 g/mol. The van der Waals surface area contributed by atoms with Crippen LogP contribution in [0, 0.1) is 18.2 Å². The zero-order chi connectivity index (χ0) is 18.9. The summed E-state index contributed by atoms with van der Waals surface area (Å²) >= 11 is 0. The van der Waals surface area contributed by atoms with E-state index in [1.165, 1.54) is 18.6 Å². The molecule has 0 aliphatic carbocycles. The molecule has 142 valence electrons. The summed E-state index contributed by atoms with van der Waals surface area (Å²) in [6.45, 7) is 6.64. The summed E-state index contributed by atoms with van der Waals surface area (Å²) in [5, 5.41) is 0. The number of benzene rings is 2. The van der Waals surface area contributed by atoms with Gasteiger partial charge in [-0.1, -0.05) is 30.3 Å². The first-order chi connectivity index (χ1) is 13.0. The molecule has 0 N–H and O–H groups in total. The minimum Gasteiger partial charge on any atom is -0.338 e. The molecule has 0 saturated carbocycles. The number of likely N-dealkylation sites (tertiary alicyclic amines) is 2. The van der Waals surface area contributed by atoms with Gasteiger partial charge in [0, 0.05) is 37.2 Å². The van der Waals surface area contributed by atoms with E-state index in [1.54, 1.807) is 0 Å². The van der Waals surface area contributed by atoms with Crippen LogP contribution in [0.15, 0.2) is 48.5 Å². The van der Waals surface area contributed by atoms with Gasteiger partial charge in [-0.05, 0) is 62.1 Å². The van der Waals surface area contributed by atoms with E-state index < -0.39 is 0 Å². The van der Waals surface area contributed by atoms with Gasteiger partial charge in [-0.2, -0.15) is 0 Å². The van der Waals surface area contributed by atoms with Gasteiger partial charge in [0.25, 0.3) is 5.91 Å². The smallest absolute Gasteiger partial charge is 0.254 e. The second-order valence-electron chi connectivity index (χ2n) is 8.23. The molecule has 2 aromatic rings. The topological polar surface area (TPSA) is 23.6 Å². The Kier molecular flexibility index (Phi) is 5.00. The van der Waals surface area contributed by atoms with Crippen molar-refractivity contribution in [2.24, 2.45) is 5.41 Å². The molecule has 4 rings (SSSR count). The van der Waals surface area contributed by atoms with Crippen molar-refractivity contribution in [1.29, 1.82) is 0 Å². The lowest BCUT2D eigenvalue weighted by Crippen LogP contribution is -2.45. The number of rotatable bonds is 3. The first-order valence-corrected chi connectivity index (χ1v) is 9.86. The Hall–Kier alpha value is -2.20. The molecular formula is C23H27FN2O. The van der Waals surface area contributed by atoms with Crippen LogP contribution in [0.1, 0.15) is 40.7 Å². The molecular weight excluding hydrogens is 339 g/mol. The molecule has 2 aliphatic heterocycles. The zero-order valence-electron chi connectivity index (χ0n) is 16.0. The average Bonchev–Trinajstić information content (AvgIpc) is 3.07. The Morgan fingerprint density at radius 3 is 2.59 bits per heavy atom. The molecule has 2 saturated heterocycles. The molecule has 0 radical (unpaired) electrons. The van der Waals surface area contributed by atoms with Crippen molar-refractivity contribution in [2.45, 2.75) is 32.7 Å². The highest BCUT2D eigenvalue weighted by molar-refractivity contribution is 5.95. The SMILES string of the molecule is Cc1ccccc1C(=O)N1CC[C@]2(CCCN(Cc3ccc(F)cc3)C2)C1. The van der Waals surface area contributed by atoms with Gasteiger partial charge in [0.05, 0.1) is 0 Å². The number of hydrogen-bond donors (Lipinski definition) is 0. The van der Waals surface area contributed by atoms with E-state index in [2.05, 4.69) is 4.90 Å². The van der Waals surface area contributed by atoms with Crippen LogP contribution in [0.4, 0.5) is 4.39 Å². The van der Waals surface area contributed by atoms with Gasteiger partial charge in [-0.15, -0.1) is 0 Å². The molecule has 0 unspecified atom stereocenters. The highest BCUT2D eigenvalue weighted by Crippen LogP contribution is 2.40. The molecule has 2 fully saturated rings. The molecule has 4 heteroatoms. The summed E-state index contributed by atoms with van der Waals surface area (Å²) in [5.74, 6) is -0.0179. The number of hydrogen-bond acceptors (Lipinski definition) is 2. The van der Waals surface area contributed by atoms with Gasteiger partial charge in [-0.3, -0.25) is 9.69 Å². The van der Waals surface area contributed by atoms with Gasteiger partial charge in [0.1, 0.15) is 5.82 Å². The Balaban J connectivity index is 1.42. The van der Waals surface area contributed by atoms with Crippen molar-refractivity contribution in [2.75, 3.05) is 26.2 Å². The number of nitrogens with zero attached hydrogens (tertiary/aromatic N) is 2. The van der Waals surface area contributed by atoms with Crippen molar-refractivity contribution in [3.8, 4) is 0 Å². The van der Waals surface area contributed by atoms with Gasteiger partial charge < -0.3 is 4.90 Å². The molecule has 2 heterocycles. The van der Waals surface area contributed by atoms with Crippen molar-refractivity contribution in [3.05, 3.63) is 71.0 Å². The third kappa shape index (κ3) is 3.91. The highest BCUT2D eigenvalue weighted by Gasteiger charge is 2.42. The Morgan fingerprint density at radius 1 is 1.04 bits per heavy atom.